The van der Waals surface area contributed by atoms with Gasteiger partial charge in [-0.3, -0.25) is 0 Å². The van der Waals surface area contributed by atoms with Crippen molar-refractivity contribution in [1.82, 2.24) is 0 Å². The van der Waals surface area contributed by atoms with Gasteiger partial charge in [0.2, 0.25) is 0 Å². The van der Waals surface area contributed by atoms with E-state index in [0.29, 0.717) is 6.42 Å². The molecule has 0 aliphatic carbocycles. The Hall–Kier alpha value is -0.670. The maximum atomic E-state index is 9.97. The zero-order valence-electron chi connectivity index (χ0n) is 6.08. The van der Waals surface area contributed by atoms with Crippen LogP contribution in [0.25, 0.3) is 0 Å². The number of methoxy groups -OCH3 is 1. The van der Waals surface area contributed by atoms with E-state index in [1.54, 1.807) is 6.08 Å². The van der Waals surface area contributed by atoms with E-state index in [0.717, 1.165) is 6.29 Å². The zero-order valence-corrected chi connectivity index (χ0v) is 6.08. The Morgan fingerprint density at radius 1 is 1.70 bits per heavy atom. The molecule has 58 valence electrons. The van der Waals surface area contributed by atoms with Crippen LogP contribution in [-0.2, 0) is 14.3 Å². The largest absolute Gasteiger partial charge is 0.359 e. The molecule has 0 aliphatic rings. The Kier molecular flexibility index (Phi) is 6.02. The molecule has 0 bridgehead atoms. The Labute approximate surface area is 60.6 Å². The lowest BCUT2D eigenvalue weighted by molar-refractivity contribution is -0.112. The first-order chi connectivity index (χ1) is 4.85. The fourth-order valence-electron chi connectivity index (χ4n) is 0.483. The predicted molar refractivity (Wildman–Crippen MR) is 37.6 cm³/mol. The van der Waals surface area contributed by atoms with Gasteiger partial charge in [-0.1, -0.05) is 6.08 Å². The van der Waals surface area contributed by atoms with Crippen LogP contribution >= 0.6 is 0 Å². The highest BCUT2D eigenvalue weighted by atomic mass is 16.7. The number of carbonyl (C=O) groups is 1. The third-order valence-corrected chi connectivity index (χ3v) is 0.991. The highest BCUT2D eigenvalue weighted by Gasteiger charge is 2.00. The van der Waals surface area contributed by atoms with Crippen molar-refractivity contribution in [2.75, 3.05) is 13.9 Å². The van der Waals surface area contributed by atoms with Crippen LogP contribution in [-0.4, -0.2) is 26.3 Å². The average Bonchev–Trinajstić information content (AvgIpc) is 1.98. The Bertz CT molecular complexity index is 101. The summed E-state index contributed by atoms with van der Waals surface area (Å²) < 4.78 is 9.64. The second-order valence-corrected chi connectivity index (χ2v) is 1.75. The second kappa shape index (κ2) is 6.45. The number of aldehydes is 1. The molecule has 0 aromatic rings. The van der Waals surface area contributed by atoms with Crippen LogP contribution in [0.4, 0.5) is 0 Å². The van der Waals surface area contributed by atoms with Gasteiger partial charge in [-0.2, -0.15) is 0 Å². The summed E-state index contributed by atoms with van der Waals surface area (Å²) in [6, 6.07) is 0. The fourth-order valence-corrected chi connectivity index (χ4v) is 0.483. The minimum Gasteiger partial charge on any atom is -0.359 e. The van der Waals surface area contributed by atoms with Gasteiger partial charge in [-0.05, 0) is 0 Å². The van der Waals surface area contributed by atoms with Crippen LogP contribution in [0.3, 0.4) is 0 Å². The maximum Gasteiger partial charge on any atom is 0.147 e. The smallest absolute Gasteiger partial charge is 0.147 e. The number of hydrogen-bond acceptors (Lipinski definition) is 3. The molecule has 0 heterocycles. The maximum absolute atomic E-state index is 9.97. The van der Waals surface area contributed by atoms with Crippen LogP contribution in [0.5, 0.6) is 0 Å². The summed E-state index contributed by atoms with van der Waals surface area (Å²) in [6.45, 7) is 3.69. The summed E-state index contributed by atoms with van der Waals surface area (Å²) in [5.41, 5.74) is 0. The molecule has 3 heteroatoms. The SMILES string of the molecule is C=CC(CC=O)OCOC. The number of carbonyl (C=O) groups excluding carboxylic acids is 1. The first kappa shape index (κ1) is 9.33. The summed E-state index contributed by atoms with van der Waals surface area (Å²) in [7, 11) is 1.53. The molecular formula is C7H12O3. The van der Waals surface area contributed by atoms with E-state index in [4.69, 9.17) is 4.74 Å². The number of rotatable bonds is 6. The molecule has 0 saturated carbocycles. The third-order valence-electron chi connectivity index (χ3n) is 0.991. The van der Waals surface area contributed by atoms with Gasteiger partial charge in [0.05, 0.1) is 6.10 Å². The molecule has 3 nitrogen and oxygen atoms in total. The summed E-state index contributed by atoms with van der Waals surface area (Å²) in [5.74, 6) is 0. The van der Waals surface area contributed by atoms with Crippen molar-refractivity contribution in [3.05, 3.63) is 12.7 Å². The lowest BCUT2D eigenvalue weighted by Crippen LogP contribution is -2.11. The van der Waals surface area contributed by atoms with E-state index in [9.17, 15) is 4.79 Å². The van der Waals surface area contributed by atoms with E-state index < -0.39 is 0 Å². The molecule has 1 unspecified atom stereocenters. The van der Waals surface area contributed by atoms with Gasteiger partial charge < -0.3 is 14.3 Å². The van der Waals surface area contributed by atoms with Crippen LogP contribution < -0.4 is 0 Å². The van der Waals surface area contributed by atoms with Crippen LogP contribution in [0.2, 0.25) is 0 Å². The minimum atomic E-state index is -0.211. The lowest BCUT2D eigenvalue weighted by Gasteiger charge is -2.08. The topological polar surface area (TPSA) is 35.5 Å². The molecular weight excluding hydrogens is 132 g/mol. The van der Waals surface area contributed by atoms with Gasteiger partial charge >= 0.3 is 0 Å². The van der Waals surface area contributed by atoms with E-state index in [1.165, 1.54) is 7.11 Å². The van der Waals surface area contributed by atoms with Crippen molar-refractivity contribution in [3.8, 4) is 0 Å². The van der Waals surface area contributed by atoms with E-state index >= 15 is 0 Å². The highest BCUT2D eigenvalue weighted by molar-refractivity contribution is 5.50. The van der Waals surface area contributed by atoms with Crippen LogP contribution in [0, 0.1) is 0 Å². The first-order valence-electron chi connectivity index (χ1n) is 3.02. The molecule has 0 aromatic heterocycles. The first-order valence-corrected chi connectivity index (χ1v) is 3.02. The zero-order chi connectivity index (χ0) is 7.82. The van der Waals surface area contributed by atoms with Gasteiger partial charge in [-0.15, -0.1) is 6.58 Å². The molecule has 1 atom stereocenters. The molecule has 0 saturated heterocycles. The van der Waals surface area contributed by atoms with Gasteiger partial charge in [0, 0.05) is 13.5 Å². The molecule has 0 radical (unpaired) electrons. The fraction of sp³-hybridized carbons (Fsp3) is 0.571. The Balaban J connectivity index is 3.38. The number of hydrogen-bond donors (Lipinski definition) is 0. The molecule has 0 spiro atoms. The van der Waals surface area contributed by atoms with Crippen LogP contribution in [0.15, 0.2) is 12.7 Å². The van der Waals surface area contributed by atoms with Gasteiger partial charge in [0.1, 0.15) is 13.1 Å². The van der Waals surface area contributed by atoms with E-state index in [-0.39, 0.29) is 12.9 Å². The van der Waals surface area contributed by atoms with Crippen molar-refractivity contribution in [2.45, 2.75) is 12.5 Å². The van der Waals surface area contributed by atoms with Gasteiger partial charge in [0.25, 0.3) is 0 Å². The second-order valence-electron chi connectivity index (χ2n) is 1.75. The third kappa shape index (κ3) is 4.23. The average molecular weight is 144 g/mol. The van der Waals surface area contributed by atoms with Gasteiger partial charge in [-0.25, -0.2) is 0 Å². The minimum absolute atomic E-state index is 0.199. The molecule has 10 heavy (non-hydrogen) atoms. The summed E-state index contributed by atoms with van der Waals surface area (Å²) in [6.07, 6.45) is 2.50. The Morgan fingerprint density at radius 2 is 2.40 bits per heavy atom. The van der Waals surface area contributed by atoms with Crippen LogP contribution in [0.1, 0.15) is 6.42 Å². The van der Waals surface area contributed by atoms with Crippen molar-refractivity contribution < 1.29 is 14.3 Å². The summed E-state index contributed by atoms with van der Waals surface area (Å²) >= 11 is 0. The van der Waals surface area contributed by atoms with Crippen molar-refractivity contribution >= 4 is 6.29 Å². The quantitative estimate of drug-likeness (QED) is 0.313. The van der Waals surface area contributed by atoms with Crippen molar-refractivity contribution in [2.24, 2.45) is 0 Å². The molecule has 0 amide bonds. The highest BCUT2D eigenvalue weighted by Crippen LogP contribution is 1.96. The molecule has 0 aromatic carbocycles. The lowest BCUT2D eigenvalue weighted by atomic mass is 10.3. The standard InChI is InChI=1S/C7H12O3/c1-3-7(4-5-8)10-6-9-2/h3,5,7H,1,4,6H2,2H3. The van der Waals surface area contributed by atoms with Crippen molar-refractivity contribution in [1.29, 1.82) is 0 Å². The summed E-state index contributed by atoms with van der Waals surface area (Å²) in [5, 5.41) is 0. The molecule has 0 aliphatic heterocycles. The number of ether oxygens (including phenoxy) is 2. The van der Waals surface area contributed by atoms with E-state index in [1.807, 2.05) is 0 Å². The molecule has 0 fully saturated rings. The molecule has 0 rings (SSSR count). The van der Waals surface area contributed by atoms with Crippen molar-refractivity contribution in [3.63, 3.8) is 0 Å². The monoisotopic (exact) mass is 144 g/mol. The van der Waals surface area contributed by atoms with E-state index in [2.05, 4.69) is 11.3 Å². The van der Waals surface area contributed by atoms with Gasteiger partial charge in [0.15, 0.2) is 0 Å². The predicted octanol–water partition coefficient (Wildman–Crippen LogP) is 0.750. The summed E-state index contributed by atoms with van der Waals surface area (Å²) in [4.78, 5) is 9.97. The normalized spacial score (nSPS) is 12.5. The Morgan fingerprint density at radius 3 is 2.80 bits per heavy atom. The molecule has 0 N–H and O–H groups in total.